The molecule has 28 heavy (non-hydrogen) atoms. The zero-order valence-electron chi connectivity index (χ0n) is 15.3. The molecule has 1 aliphatic rings. The fourth-order valence-electron chi connectivity index (χ4n) is 3.27. The van der Waals surface area contributed by atoms with Crippen molar-refractivity contribution >= 4 is 10.0 Å². The molecule has 1 aliphatic heterocycles. The molecule has 2 heterocycles. The average molecular weight is 400 g/mol. The molecule has 3 aromatic rings. The van der Waals surface area contributed by atoms with Gasteiger partial charge in [-0.2, -0.15) is 9.40 Å². The third kappa shape index (κ3) is 3.99. The van der Waals surface area contributed by atoms with Crippen LogP contribution in [0.2, 0.25) is 0 Å². The standard InChI is InChI=1S/C20H21FN4O2S/c21-18-8-6-17(7-9-18)20-10-11-24(22-20)16-23-12-14-25(15-13-23)28(26,27)19-4-2-1-3-5-19/h1-11H,12-16H2. The van der Waals surface area contributed by atoms with Gasteiger partial charge >= 0.3 is 0 Å². The van der Waals surface area contributed by atoms with Gasteiger partial charge in [0.2, 0.25) is 10.0 Å². The van der Waals surface area contributed by atoms with Crippen LogP contribution < -0.4 is 0 Å². The fourth-order valence-corrected chi connectivity index (χ4v) is 4.72. The lowest BCUT2D eigenvalue weighted by molar-refractivity contribution is 0.146. The van der Waals surface area contributed by atoms with Crippen molar-refractivity contribution < 1.29 is 12.8 Å². The summed E-state index contributed by atoms with van der Waals surface area (Å²) in [4.78, 5) is 2.50. The quantitative estimate of drug-likeness (QED) is 0.661. The van der Waals surface area contributed by atoms with Gasteiger partial charge in [-0.3, -0.25) is 9.58 Å². The summed E-state index contributed by atoms with van der Waals surface area (Å²) in [5, 5.41) is 4.54. The summed E-state index contributed by atoms with van der Waals surface area (Å²) >= 11 is 0. The Kier molecular flexibility index (Phi) is 5.25. The molecule has 4 rings (SSSR count). The van der Waals surface area contributed by atoms with Crippen LogP contribution in [0.15, 0.2) is 71.8 Å². The van der Waals surface area contributed by atoms with E-state index in [0.717, 1.165) is 11.3 Å². The zero-order valence-corrected chi connectivity index (χ0v) is 16.1. The van der Waals surface area contributed by atoms with Crippen LogP contribution >= 0.6 is 0 Å². The maximum Gasteiger partial charge on any atom is 0.243 e. The Morgan fingerprint density at radius 1 is 0.893 bits per heavy atom. The average Bonchev–Trinajstić information content (AvgIpc) is 3.18. The van der Waals surface area contributed by atoms with Crippen molar-refractivity contribution in [1.29, 1.82) is 0 Å². The van der Waals surface area contributed by atoms with Crippen LogP contribution in [0, 0.1) is 5.82 Å². The highest BCUT2D eigenvalue weighted by Crippen LogP contribution is 2.19. The smallest absolute Gasteiger partial charge is 0.243 e. The summed E-state index contributed by atoms with van der Waals surface area (Å²) in [5.41, 5.74) is 1.64. The van der Waals surface area contributed by atoms with Crippen LogP contribution in [0.5, 0.6) is 0 Å². The Balaban J connectivity index is 1.37. The molecule has 1 aromatic heterocycles. The molecule has 1 fully saturated rings. The lowest BCUT2D eigenvalue weighted by Gasteiger charge is -2.33. The summed E-state index contributed by atoms with van der Waals surface area (Å²) in [6.45, 7) is 2.75. The first-order chi connectivity index (χ1) is 13.5. The number of benzene rings is 2. The van der Waals surface area contributed by atoms with E-state index in [1.165, 1.54) is 16.4 Å². The number of halogens is 1. The van der Waals surface area contributed by atoms with Gasteiger partial charge in [0.05, 0.1) is 17.3 Å². The van der Waals surface area contributed by atoms with E-state index in [-0.39, 0.29) is 5.82 Å². The SMILES string of the molecule is O=S(=O)(c1ccccc1)N1CCN(Cn2ccc(-c3ccc(F)cc3)n2)CC1. The van der Waals surface area contributed by atoms with E-state index in [1.54, 1.807) is 42.5 Å². The molecule has 1 saturated heterocycles. The van der Waals surface area contributed by atoms with Gasteiger partial charge in [-0.25, -0.2) is 12.8 Å². The number of hydrogen-bond acceptors (Lipinski definition) is 4. The van der Waals surface area contributed by atoms with Crippen molar-refractivity contribution in [3.8, 4) is 11.3 Å². The second-order valence-electron chi connectivity index (χ2n) is 6.72. The Hall–Kier alpha value is -2.55. The maximum atomic E-state index is 13.1. The topological polar surface area (TPSA) is 58.4 Å². The number of hydrogen-bond donors (Lipinski definition) is 0. The van der Waals surface area contributed by atoms with Gasteiger partial charge in [0, 0.05) is 37.9 Å². The predicted octanol–water partition coefficient (Wildman–Crippen LogP) is 2.65. The van der Waals surface area contributed by atoms with Gasteiger partial charge in [-0.1, -0.05) is 18.2 Å². The molecule has 0 aliphatic carbocycles. The summed E-state index contributed by atoms with van der Waals surface area (Å²) in [7, 11) is -3.44. The minimum atomic E-state index is -3.44. The van der Waals surface area contributed by atoms with Gasteiger partial charge in [-0.15, -0.1) is 0 Å². The first kappa shape index (κ1) is 18.8. The highest BCUT2D eigenvalue weighted by atomic mass is 32.2. The molecule has 146 valence electrons. The molecule has 2 aromatic carbocycles. The largest absolute Gasteiger partial charge is 0.282 e. The van der Waals surface area contributed by atoms with E-state index in [9.17, 15) is 12.8 Å². The fraction of sp³-hybridized carbons (Fsp3) is 0.250. The van der Waals surface area contributed by atoms with Gasteiger partial charge in [0.15, 0.2) is 0 Å². The molecule has 8 heteroatoms. The molecule has 0 radical (unpaired) electrons. The van der Waals surface area contributed by atoms with E-state index < -0.39 is 10.0 Å². The lowest BCUT2D eigenvalue weighted by Crippen LogP contribution is -2.48. The third-order valence-corrected chi connectivity index (χ3v) is 6.75. The van der Waals surface area contributed by atoms with Crippen molar-refractivity contribution in [3.05, 3.63) is 72.7 Å². The van der Waals surface area contributed by atoms with Crippen molar-refractivity contribution in [2.75, 3.05) is 26.2 Å². The van der Waals surface area contributed by atoms with Gasteiger partial charge in [-0.05, 0) is 42.5 Å². The van der Waals surface area contributed by atoms with Crippen LogP contribution in [0.25, 0.3) is 11.3 Å². The van der Waals surface area contributed by atoms with Gasteiger partial charge < -0.3 is 0 Å². The first-order valence-corrected chi connectivity index (χ1v) is 10.5. The molecule has 0 bridgehead atoms. The maximum absolute atomic E-state index is 13.1. The highest BCUT2D eigenvalue weighted by Gasteiger charge is 2.28. The molecular weight excluding hydrogens is 379 g/mol. The summed E-state index contributed by atoms with van der Waals surface area (Å²) in [6.07, 6.45) is 1.88. The normalized spacial score (nSPS) is 16.3. The van der Waals surface area contributed by atoms with Crippen LogP contribution in [-0.2, 0) is 16.7 Å². The predicted molar refractivity (Wildman–Crippen MR) is 104 cm³/mol. The van der Waals surface area contributed by atoms with Crippen molar-refractivity contribution in [3.63, 3.8) is 0 Å². The van der Waals surface area contributed by atoms with Crippen LogP contribution in [0.1, 0.15) is 0 Å². The van der Waals surface area contributed by atoms with Crippen LogP contribution in [0.4, 0.5) is 4.39 Å². The molecule has 0 spiro atoms. The molecule has 0 unspecified atom stereocenters. The number of rotatable bonds is 5. The van der Waals surface area contributed by atoms with E-state index in [1.807, 2.05) is 16.9 Å². The molecule has 0 N–H and O–H groups in total. The number of piperazine rings is 1. The molecular formula is C20H21FN4O2S. The highest BCUT2D eigenvalue weighted by molar-refractivity contribution is 7.89. The minimum Gasteiger partial charge on any atom is -0.282 e. The molecule has 0 atom stereocenters. The van der Waals surface area contributed by atoms with Gasteiger partial charge in [0.25, 0.3) is 0 Å². The van der Waals surface area contributed by atoms with E-state index >= 15 is 0 Å². The van der Waals surface area contributed by atoms with Crippen LogP contribution in [0.3, 0.4) is 0 Å². The second-order valence-corrected chi connectivity index (χ2v) is 8.66. The number of aromatic nitrogens is 2. The number of sulfonamides is 1. The van der Waals surface area contributed by atoms with E-state index in [4.69, 9.17) is 0 Å². The molecule has 6 nitrogen and oxygen atoms in total. The van der Waals surface area contributed by atoms with E-state index in [2.05, 4.69) is 10.00 Å². The van der Waals surface area contributed by atoms with Crippen molar-refractivity contribution in [2.24, 2.45) is 0 Å². The number of nitrogens with zero attached hydrogens (tertiary/aromatic N) is 4. The first-order valence-electron chi connectivity index (χ1n) is 9.09. The van der Waals surface area contributed by atoms with Crippen molar-refractivity contribution in [1.82, 2.24) is 19.0 Å². The zero-order chi connectivity index (χ0) is 19.6. The van der Waals surface area contributed by atoms with Crippen molar-refractivity contribution in [2.45, 2.75) is 11.6 Å². The van der Waals surface area contributed by atoms with Gasteiger partial charge in [0.1, 0.15) is 5.82 Å². The summed E-state index contributed by atoms with van der Waals surface area (Å²) in [5.74, 6) is -0.272. The molecule has 0 amide bonds. The van der Waals surface area contributed by atoms with Crippen LogP contribution in [-0.4, -0.2) is 53.6 Å². The molecule has 0 saturated carbocycles. The monoisotopic (exact) mass is 400 g/mol. The Morgan fingerprint density at radius 2 is 1.57 bits per heavy atom. The Bertz CT molecular complexity index is 1030. The Labute approximate surface area is 163 Å². The second kappa shape index (κ2) is 7.83. The minimum absolute atomic E-state index is 0.272. The third-order valence-electron chi connectivity index (χ3n) is 4.84. The van der Waals surface area contributed by atoms with E-state index in [0.29, 0.717) is 37.7 Å². The summed E-state index contributed by atoms with van der Waals surface area (Å²) < 4.78 is 41.8. The Morgan fingerprint density at radius 3 is 2.25 bits per heavy atom. The summed E-state index contributed by atoms with van der Waals surface area (Å²) in [6, 6.07) is 16.7. The lowest BCUT2D eigenvalue weighted by atomic mass is 10.1.